The Morgan fingerprint density at radius 2 is 1.23 bits per heavy atom. The Labute approximate surface area is 171 Å². The van der Waals surface area contributed by atoms with E-state index in [2.05, 4.69) is 9.47 Å². The third-order valence-corrected chi connectivity index (χ3v) is 1.77. The van der Waals surface area contributed by atoms with E-state index in [1.54, 1.807) is 0 Å². The molecule has 0 heterocycles. The van der Waals surface area contributed by atoms with E-state index in [1.807, 2.05) is 0 Å². The molecule has 0 aromatic heterocycles. The second kappa shape index (κ2) is 12.7. The molecule has 0 spiro atoms. The molecule has 0 unspecified atom stereocenters. The molecule has 0 amide bonds. The molecule has 0 aromatic carbocycles. The van der Waals surface area contributed by atoms with Gasteiger partial charge in [0.25, 0.3) is 0 Å². The van der Waals surface area contributed by atoms with E-state index in [-0.39, 0.29) is 62.0 Å². The summed E-state index contributed by atoms with van der Waals surface area (Å²) in [6, 6.07) is 0. The second-order valence-corrected chi connectivity index (χ2v) is 3.48. The van der Waals surface area contributed by atoms with E-state index >= 15 is 0 Å². The number of carbonyl (C=O) groups excluding carboxylic acids is 4. The molecule has 0 atom stereocenters. The monoisotopic (exact) mass is 338 g/mol. The Hall–Kier alpha value is -0.780. The minimum Gasteiger partial charge on any atom is -1.00 e. The van der Waals surface area contributed by atoms with Gasteiger partial charge in [0.15, 0.2) is 0 Å². The number of ether oxygens (including phenoxy) is 2. The molecule has 0 bridgehead atoms. The number of rotatable bonds is 5. The number of esters is 4. The molecule has 114 valence electrons. The van der Waals surface area contributed by atoms with Crippen LogP contribution in [0.15, 0.2) is 0 Å². The van der Waals surface area contributed by atoms with E-state index in [9.17, 15) is 28.8 Å². The van der Waals surface area contributed by atoms with Crippen molar-refractivity contribution in [3.05, 3.63) is 0 Å². The molecule has 0 aromatic rings. The summed E-state index contributed by atoms with van der Waals surface area (Å²) in [4.78, 5) is 64.5. The molecule has 12 heteroatoms. The van der Waals surface area contributed by atoms with Crippen molar-refractivity contribution in [2.75, 3.05) is 0 Å². The average Bonchev–Trinajstić information content (AvgIpc) is 2.25. The van der Waals surface area contributed by atoms with Gasteiger partial charge < -0.3 is 22.5 Å². The summed E-state index contributed by atoms with van der Waals surface area (Å²) in [5.74, 6) is -10.9. The molecule has 2 N–H and O–H groups in total. The summed E-state index contributed by atoms with van der Waals surface area (Å²) in [5.41, 5.74) is 0. The SMILES string of the molecule is CC(=O)OC(=O)C(=O)OC(=O)C(CC(=O)O)CC(=O)O.[H-].[H-].[Na+].[Na+]. The third kappa shape index (κ3) is 11.8. The van der Waals surface area contributed by atoms with Gasteiger partial charge in [0.1, 0.15) is 0 Å². The number of carbonyl (C=O) groups is 6. The van der Waals surface area contributed by atoms with Crippen LogP contribution in [0.3, 0.4) is 0 Å². The number of hydrogen-bond donors (Lipinski definition) is 2. The largest absolute Gasteiger partial charge is 1.00 e. The van der Waals surface area contributed by atoms with E-state index < -0.39 is 54.6 Å². The van der Waals surface area contributed by atoms with Crippen molar-refractivity contribution in [1.29, 1.82) is 0 Å². The zero-order valence-corrected chi connectivity index (χ0v) is 16.2. The number of carboxylic acids is 2. The first-order chi connectivity index (χ1) is 9.13. The topological polar surface area (TPSA) is 161 Å². The average molecular weight is 338 g/mol. The van der Waals surface area contributed by atoms with Gasteiger partial charge in [-0.2, -0.15) is 0 Å². The van der Waals surface area contributed by atoms with Crippen molar-refractivity contribution in [3.8, 4) is 0 Å². The van der Waals surface area contributed by atoms with Gasteiger partial charge in [0, 0.05) is 6.92 Å². The van der Waals surface area contributed by atoms with Crippen molar-refractivity contribution in [2.45, 2.75) is 19.8 Å². The van der Waals surface area contributed by atoms with Gasteiger partial charge >= 0.3 is 94.9 Å². The molecule has 22 heavy (non-hydrogen) atoms. The van der Waals surface area contributed by atoms with E-state index in [0.717, 1.165) is 6.92 Å². The van der Waals surface area contributed by atoms with Crippen LogP contribution in [0, 0.1) is 5.92 Å². The second-order valence-electron chi connectivity index (χ2n) is 3.48. The maximum Gasteiger partial charge on any atom is 1.00 e. The molecule has 10 nitrogen and oxygen atoms in total. The van der Waals surface area contributed by atoms with Crippen LogP contribution in [0.1, 0.15) is 22.6 Å². The maximum atomic E-state index is 11.4. The van der Waals surface area contributed by atoms with Crippen molar-refractivity contribution >= 4 is 35.8 Å². The first kappa shape index (κ1) is 26.1. The van der Waals surface area contributed by atoms with Crippen molar-refractivity contribution in [2.24, 2.45) is 5.92 Å². The van der Waals surface area contributed by atoms with Crippen LogP contribution >= 0.6 is 0 Å². The van der Waals surface area contributed by atoms with Gasteiger partial charge in [-0.1, -0.05) is 0 Å². The quantitative estimate of drug-likeness (QED) is 0.213. The van der Waals surface area contributed by atoms with Crippen LogP contribution in [0.4, 0.5) is 0 Å². The van der Waals surface area contributed by atoms with Gasteiger partial charge in [0.2, 0.25) is 0 Å². The molecule has 0 saturated heterocycles. The molecular weight excluding hydrogens is 326 g/mol. The zero-order chi connectivity index (χ0) is 15.9. The fourth-order valence-corrected chi connectivity index (χ4v) is 1.05. The summed E-state index contributed by atoms with van der Waals surface area (Å²) in [6.07, 6.45) is -1.81. The van der Waals surface area contributed by atoms with Gasteiger partial charge in [-0.3, -0.25) is 19.2 Å². The minimum absolute atomic E-state index is 0. The molecule has 0 rings (SSSR count). The molecule has 0 fully saturated rings. The van der Waals surface area contributed by atoms with Gasteiger partial charge in [0.05, 0.1) is 18.8 Å². The first-order valence-corrected chi connectivity index (χ1v) is 5.05. The van der Waals surface area contributed by atoms with E-state index in [4.69, 9.17) is 10.2 Å². The van der Waals surface area contributed by atoms with Crippen molar-refractivity contribution in [1.82, 2.24) is 0 Å². The fourth-order valence-electron chi connectivity index (χ4n) is 1.05. The summed E-state index contributed by atoms with van der Waals surface area (Å²) in [5, 5.41) is 17.0. The molecule has 0 aliphatic rings. The Balaban J connectivity index is -0.000000301. The predicted octanol–water partition coefficient (Wildman–Crippen LogP) is -7.06. The van der Waals surface area contributed by atoms with Crippen LogP contribution in [-0.2, 0) is 38.2 Å². The van der Waals surface area contributed by atoms with Crippen LogP contribution in [-0.4, -0.2) is 46.0 Å². The molecule has 0 aliphatic carbocycles. The summed E-state index contributed by atoms with van der Waals surface area (Å²) < 4.78 is 7.76. The van der Waals surface area contributed by atoms with Crippen molar-refractivity contribution < 1.29 is 110 Å². The normalized spacial score (nSPS) is 8.82. The Kier molecular flexibility index (Phi) is 15.1. The molecular formula is C10H12Na2O10. The Morgan fingerprint density at radius 3 is 1.55 bits per heavy atom. The van der Waals surface area contributed by atoms with Crippen LogP contribution in [0.2, 0.25) is 0 Å². The van der Waals surface area contributed by atoms with Gasteiger partial charge in [-0.05, 0) is 0 Å². The minimum atomic E-state index is -1.84. The Morgan fingerprint density at radius 1 is 0.864 bits per heavy atom. The van der Waals surface area contributed by atoms with Crippen molar-refractivity contribution in [3.63, 3.8) is 0 Å². The van der Waals surface area contributed by atoms with Gasteiger partial charge in [-0.25, -0.2) is 9.59 Å². The maximum absolute atomic E-state index is 11.4. The summed E-state index contributed by atoms with van der Waals surface area (Å²) in [6.45, 7) is 0.824. The summed E-state index contributed by atoms with van der Waals surface area (Å²) >= 11 is 0. The third-order valence-electron chi connectivity index (χ3n) is 1.77. The van der Waals surface area contributed by atoms with Crippen LogP contribution in [0.5, 0.6) is 0 Å². The molecule has 0 aliphatic heterocycles. The zero-order valence-electron chi connectivity index (χ0n) is 14.2. The Bertz CT molecular complexity index is 466. The smallest absolute Gasteiger partial charge is 1.00 e. The fraction of sp³-hybridized carbons (Fsp3) is 0.400. The first-order valence-electron chi connectivity index (χ1n) is 5.05. The number of aliphatic carboxylic acids is 2. The van der Waals surface area contributed by atoms with Crippen LogP contribution in [0.25, 0.3) is 0 Å². The number of carboxylic acid groups (broad SMARTS) is 2. The molecule has 0 radical (unpaired) electrons. The van der Waals surface area contributed by atoms with Gasteiger partial charge in [-0.15, -0.1) is 0 Å². The predicted molar refractivity (Wildman–Crippen MR) is 58.1 cm³/mol. The molecule has 0 saturated carbocycles. The van der Waals surface area contributed by atoms with E-state index in [1.165, 1.54) is 0 Å². The van der Waals surface area contributed by atoms with E-state index in [0.29, 0.717) is 0 Å². The van der Waals surface area contributed by atoms with Crippen LogP contribution < -0.4 is 59.1 Å². The number of hydrogen-bond acceptors (Lipinski definition) is 8. The summed E-state index contributed by atoms with van der Waals surface area (Å²) in [7, 11) is 0. The standard InChI is InChI=1S/C10H10O10.2Na.2H/c1-4(11)19-9(17)10(18)20-8(16)5(2-6(12)13)3-7(14)15;;;;/h5H,2-3H2,1H3,(H,12,13)(H,14,15);;;;/q;2*+1;2*-1.